The van der Waals surface area contributed by atoms with Crippen LogP contribution >= 0.6 is 0 Å². The lowest BCUT2D eigenvalue weighted by Crippen LogP contribution is -2.24. The monoisotopic (exact) mass is 429 g/mol. The van der Waals surface area contributed by atoms with Gasteiger partial charge in [-0.25, -0.2) is 4.98 Å². The van der Waals surface area contributed by atoms with Crippen LogP contribution in [0.5, 0.6) is 0 Å². The Morgan fingerprint density at radius 2 is 2.03 bits per heavy atom. The summed E-state index contributed by atoms with van der Waals surface area (Å²) in [5, 5.41) is 6.43. The van der Waals surface area contributed by atoms with Crippen molar-refractivity contribution in [2.75, 3.05) is 11.9 Å². The fraction of sp³-hybridized carbons (Fsp3) is 0.304. The summed E-state index contributed by atoms with van der Waals surface area (Å²) >= 11 is 0. The second-order valence-corrected chi connectivity index (χ2v) is 6.96. The number of anilines is 1. The summed E-state index contributed by atoms with van der Waals surface area (Å²) in [6, 6.07) is 9.25. The van der Waals surface area contributed by atoms with Gasteiger partial charge in [-0.2, -0.15) is 13.2 Å². The third-order valence-corrected chi connectivity index (χ3v) is 4.76. The smallest absolute Gasteiger partial charge is 0.338 e. The number of hydrogen-bond donors (Lipinski definition) is 2. The number of hydrogen-bond acceptors (Lipinski definition) is 4. The number of halogens is 3. The molecule has 0 unspecified atom stereocenters. The van der Waals surface area contributed by atoms with Crippen molar-refractivity contribution in [3.05, 3.63) is 83.6 Å². The summed E-state index contributed by atoms with van der Waals surface area (Å²) < 4.78 is 40.3. The molecule has 31 heavy (non-hydrogen) atoms. The lowest BCUT2D eigenvalue weighted by Gasteiger charge is -2.17. The predicted octanol–water partition coefficient (Wildman–Crippen LogP) is 5.10. The van der Waals surface area contributed by atoms with E-state index in [1.54, 1.807) is 23.2 Å². The van der Waals surface area contributed by atoms with E-state index in [2.05, 4.69) is 27.2 Å². The quantitative estimate of drug-likeness (QED) is 0.593. The van der Waals surface area contributed by atoms with Crippen LogP contribution in [0.25, 0.3) is 5.70 Å². The molecule has 0 saturated carbocycles. The van der Waals surface area contributed by atoms with Crippen molar-refractivity contribution in [1.29, 1.82) is 0 Å². The lowest BCUT2D eigenvalue weighted by molar-refractivity contribution is -0.137. The molecule has 4 rings (SSSR count). The second-order valence-electron chi connectivity index (χ2n) is 6.96. The summed E-state index contributed by atoms with van der Waals surface area (Å²) in [6.07, 6.45) is -0.176. The highest BCUT2D eigenvalue weighted by molar-refractivity contribution is 5.71. The van der Waals surface area contributed by atoms with E-state index in [9.17, 15) is 13.2 Å². The first-order valence-corrected chi connectivity index (χ1v) is 10.2. The number of benzene rings is 1. The molecule has 164 valence electrons. The van der Waals surface area contributed by atoms with Crippen molar-refractivity contribution in [2.24, 2.45) is 0 Å². The Morgan fingerprint density at radius 1 is 1.23 bits per heavy atom. The Hall–Kier alpha value is -3.13. The van der Waals surface area contributed by atoms with Crippen LogP contribution in [0.2, 0.25) is 0 Å². The van der Waals surface area contributed by atoms with Gasteiger partial charge in [0.05, 0.1) is 23.3 Å². The van der Waals surface area contributed by atoms with Crippen molar-refractivity contribution >= 4 is 11.5 Å². The standard InChI is InChI=1S/C21H20F3N5.C2H6/c1-14(18-6-5-16-10-25-8-7-19(16)28-18)27-20-12-29(13-26-20)11-15-3-2-4-17(9-15)21(22,23)24;1-2/h2-6,9,12-13,25,27H,1,7-8,10-11H2;1-2H3. The van der Waals surface area contributed by atoms with E-state index in [1.165, 1.54) is 11.6 Å². The lowest BCUT2D eigenvalue weighted by atomic mass is 10.1. The average Bonchev–Trinajstić information content (AvgIpc) is 3.21. The SMILES string of the molecule is C=C(Nc1cn(Cc2cccc(C(F)(F)F)c2)cn1)c1ccc2c(n1)CCNC2.CC. The van der Waals surface area contributed by atoms with E-state index in [0.717, 1.165) is 43.0 Å². The Morgan fingerprint density at radius 3 is 2.81 bits per heavy atom. The van der Waals surface area contributed by atoms with Crippen LogP contribution in [0, 0.1) is 0 Å². The van der Waals surface area contributed by atoms with Gasteiger partial charge in [0.15, 0.2) is 0 Å². The van der Waals surface area contributed by atoms with E-state index in [-0.39, 0.29) is 6.54 Å². The summed E-state index contributed by atoms with van der Waals surface area (Å²) in [4.78, 5) is 8.94. The molecule has 1 aliphatic heterocycles. The van der Waals surface area contributed by atoms with Gasteiger partial charge in [-0.3, -0.25) is 4.98 Å². The molecule has 0 aliphatic carbocycles. The summed E-state index contributed by atoms with van der Waals surface area (Å²) in [5.41, 5.74) is 3.52. The first-order valence-electron chi connectivity index (χ1n) is 10.2. The zero-order valence-corrected chi connectivity index (χ0v) is 17.6. The highest BCUT2D eigenvalue weighted by atomic mass is 19.4. The van der Waals surface area contributed by atoms with Crippen molar-refractivity contribution in [2.45, 2.75) is 39.5 Å². The van der Waals surface area contributed by atoms with Gasteiger partial charge in [0.25, 0.3) is 0 Å². The minimum Gasteiger partial charge on any atom is -0.338 e. The van der Waals surface area contributed by atoms with Crippen LogP contribution in [0.3, 0.4) is 0 Å². The molecule has 1 aliphatic rings. The molecule has 0 saturated heterocycles. The number of nitrogens with zero attached hydrogens (tertiary/aromatic N) is 3. The maximum absolute atomic E-state index is 12.9. The molecule has 0 fully saturated rings. The number of nitrogens with one attached hydrogen (secondary N) is 2. The number of pyridine rings is 1. The molecule has 0 amide bonds. The molecule has 8 heteroatoms. The normalized spacial score (nSPS) is 13.1. The van der Waals surface area contributed by atoms with Crippen molar-refractivity contribution in [1.82, 2.24) is 19.9 Å². The first kappa shape index (κ1) is 22.6. The topological polar surface area (TPSA) is 54.8 Å². The van der Waals surface area contributed by atoms with Crippen LogP contribution in [-0.4, -0.2) is 21.1 Å². The van der Waals surface area contributed by atoms with E-state index in [0.29, 0.717) is 17.1 Å². The Balaban J connectivity index is 0.00000132. The van der Waals surface area contributed by atoms with Gasteiger partial charge >= 0.3 is 6.18 Å². The maximum Gasteiger partial charge on any atom is 0.416 e. The van der Waals surface area contributed by atoms with E-state index < -0.39 is 11.7 Å². The minimum absolute atomic E-state index is 0.287. The molecule has 2 aromatic heterocycles. The van der Waals surface area contributed by atoms with Gasteiger partial charge in [0, 0.05) is 37.9 Å². The Bertz CT molecular complexity index is 1040. The number of alkyl halides is 3. The van der Waals surface area contributed by atoms with Gasteiger partial charge in [0.1, 0.15) is 5.82 Å². The summed E-state index contributed by atoms with van der Waals surface area (Å²) in [6.45, 7) is 10.1. The predicted molar refractivity (Wildman–Crippen MR) is 116 cm³/mol. The fourth-order valence-electron chi connectivity index (χ4n) is 3.29. The number of rotatable bonds is 5. The molecule has 3 aromatic rings. The molecule has 0 atom stereocenters. The average molecular weight is 429 g/mol. The third-order valence-electron chi connectivity index (χ3n) is 4.76. The Labute approximate surface area is 180 Å². The number of imidazole rings is 1. The summed E-state index contributed by atoms with van der Waals surface area (Å²) in [5.74, 6) is 0.558. The molecule has 2 N–H and O–H groups in total. The zero-order chi connectivity index (χ0) is 22.4. The van der Waals surface area contributed by atoms with Crippen molar-refractivity contribution in [3.8, 4) is 0 Å². The highest BCUT2D eigenvalue weighted by Gasteiger charge is 2.30. The summed E-state index contributed by atoms with van der Waals surface area (Å²) in [7, 11) is 0. The van der Waals surface area contributed by atoms with Crippen LogP contribution < -0.4 is 10.6 Å². The van der Waals surface area contributed by atoms with Crippen LogP contribution in [0.4, 0.5) is 19.0 Å². The second kappa shape index (κ2) is 9.78. The molecule has 5 nitrogen and oxygen atoms in total. The van der Waals surface area contributed by atoms with Crippen LogP contribution in [0.15, 0.2) is 55.5 Å². The van der Waals surface area contributed by atoms with E-state index in [1.807, 2.05) is 26.0 Å². The molecular weight excluding hydrogens is 403 g/mol. The highest BCUT2D eigenvalue weighted by Crippen LogP contribution is 2.29. The van der Waals surface area contributed by atoms with Crippen molar-refractivity contribution < 1.29 is 13.2 Å². The number of fused-ring (bicyclic) bond motifs is 1. The molecule has 3 heterocycles. The van der Waals surface area contributed by atoms with Gasteiger partial charge in [-0.1, -0.05) is 38.6 Å². The molecule has 0 spiro atoms. The molecule has 1 aromatic carbocycles. The molecule has 0 radical (unpaired) electrons. The largest absolute Gasteiger partial charge is 0.416 e. The number of aromatic nitrogens is 3. The van der Waals surface area contributed by atoms with Crippen LogP contribution in [0.1, 0.15) is 41.9 Å². The van der Waals surface area contributed by atoms with E-state index >= 15 is 0 Å². The van der Waals surface area contributed by atoms with Gasteiger partial charge < -0.3 is 15.2 Å². The van der Waals surface area contributed by atoms with Gasteiger partial charge in [-0.15, -0.1) is 0 Å². The first-order chi connectivity index (χ1) is 14.9. The zero-order valence-electron chi connectivity index (χ0n) is 17.6. The van der Waals surface area contributed by atoms with Gasteiger partial charge in [0.2, 0.25) is 0 Å². The van der Waals surface area contributed by atoms with Crippen LogP contribution in [-0.2, 0) is 25.7 Å². The maximum atomic E-state index is 12.9. The van der Waals surface area contributed by atoms with E-state index in [4.69, 9.17) is 0 Å². The fourth-order valence-corrected chi connectivity index (χ4v) is 3.29. The molecule has 0 bridgehead atoms. The van der Waals surface area contributed by atoms with Gasteiger partial charge in [-0.05, 0) is 29.3 Å². The minimum atomic E-state index is -4.35. The van der Waals surface area contributed by atoms with Crippen molar-refractivity contribution in [3.63, 3.8) is 0 Å². The Kier molecular flexibility index (Phi) is 7.12. The third kappa shape index (κ3) is 5.73. The molecular formula is C23H26F3N5.